The van der Waals surface area contributed by atoms with E-state index in [0.717, 1.165) is 22.8 Å². The van der Waals surface area contributed by atoms with Gasteiger partial charge in [0.1, 0.15) is 5.82 Å². The van der Waals surface area contributed by atoms with Gasteiger partial charge in [-0.3, -0.25) is 10.5 Å². The molecule has 0 heterocycles. The molecule has 31 heavy (non-hydrogen) atoms. The summed E-state index contributed by atoms with van der Waals surface area (Å²) >= 11 is 1.74. The standard InChI is InChI=1S/C16H11F2.C9H13.C2H6Si.Zr/c1-10-7-13-14(8-12(17)9-15(13)18)16(10)11-5-3-2-4-6-11;1-6-5-7(2)9(4)8(6)3;1-3-2;/h2-9H,1H3;6H,1-4H3;1-2H3;/q2*-1;;+2. The van der Waals surface area contributed by atoms with Gasteiger partial charge in [0.2, 0.25) is 0 Å². The molecule has 0 bridgehead atoms. The molecule has 0 fully saturated rings. The van der Waals surface area contributed by atoms with Crippen LogP contribution in [-0.2, 0) is 23.3 Å². The Morgan fingerprint density at radius 1 is 1.00 bits per heavy atom. The van der Waals surface area contributed by atoms with Crippen LogP contribution in [0.5, 0.6) is 0 Å². The Kier molecular flexibility index (Phi) is 9.45. The minimum Gasteiger partial charge on any atom is -0.265 e. The second-order valence-corrected chi connectivity index (χ2v) is 17.6. The molecule has 160 valence electrons. The van der Waals surface area contributed by atoms with Crippen LogP contribution in [0.15, 0.2) is 65.3 Å². The second-order valence-electron chi connectivity index (χ2n) is 8.22. The third kappa shape index (κ3) is 6.73. The van der Waals surface area contributed by atoms with Crippen LogP contribution in [0, 0.1) is 30.6 Å². The van der Waals surface area contributed by atoms with Crippen molar-refractivity contribution in [3.05, 3.63) is 88.5 Å². The van der Waals surface area contributed by atoms with E-state index in [1.807, 2.05) is 37.3 Å². The van der Waals surface area contributed by atoms with Crippen LogP contribution in [0.3, 0.4) is 0 Å². The molecule has 0 aromatic heterocycles. The molecule has 0 radical (unpaired) electrons. The van der Waals surface area contributed by atoms with E-state index in [9.17, 15) is 8.78 Å². The van der Waals surface area contributed by atoms with Crippen molar-refractivity contribution in [1.29, 1.82) is 0 Å². The molecule has 4 heteroatoms. The molecule has 1 unspecified atom stereocenters. The maximum Gasteiger partial charge on any atom is 0.107 e. The van der Waals surface area contributed by atoms with E-state index in [1.165, 1.54) is 22.8 Å². The van der Waals surface area contributed by atoms with Crippen LogP contribution in [-0.4, -0.2) is 5.43 Å². The van der Waals surface area contributed by atoms with Crippen LogP contribution in [0.1, 0.15) is 33.3 Å². The van der Waals surface area contributed by atoms with E-state index in [2.05, 4.69) is 46.9 Å². The molecule has 0 saturated carbocycles. The van der Waals surface area contributed by atoms with Crippen molar-refractivity contribution in [2.24, 2.45) is 5.92 Å². The third-order valence-electron chi connectivity index (χ3n) is 5.42. The second kappa shape index (κ2) is 11.4. The normalized spacial score (nSPS) is 15.2. The van der Waals surface area contributed by atoms with Gasteiger partial charge in [0, 0.05) is 5.82 Å². The van der Waals surface area contributed by atoms with Gasteiger partial charge in [-0.05, 0) is 6.07 Å². The molecule has 0 spiro atoms. The third-order valence-corrected chi connectivity index (χ3v) is 5.42. The molecule has 0 saturated heterocycles. The first kappa shape index (κ1) is 25.7. The van der Waals surface area contributed by atoms with E-state index >= 15 is 0 Å². The number of aryl methyl sites for hydroxylation is 1. The first-order chi connectivity index (χ1) is 14.5. The zero-order chi connectivity index (χ0) is 23.3. The fourth-order valence-corrected chi connectivity index (χ4v) is 3.59. The fourth-order valence-electron chi connectivity index (χ4n) is 3.59. The minimum atomic E-state index is -0.539. The van der Waals surface area contributed by atoms with Crippen molar-refractivity contribution in [1.82, 2.24) is 0 Å². The van der Waals surface area contributed by atoms with Crippen LogP contribution in [0.2, 0.25) is 13.1 Å². The van der Waals surface area contributed by atoms with Gasteiger partial charge in [0.15, 0.2) is 0 Å². The van der Waals surface area contributed by atoms with Gasteiger partial charge in [-0.15, -0.1) is 34.9 Å². The summed E-state index contributed by atoms with van der Waals surface area (Å²) in [6.07, 6.45) is 3.36. The molecule has 0 N–H and O–H groups in total. The summed E-state index contributed by atoms with van der Waals surface area (Å²) < 4.78 is 27.1. The topological polar surface area (TPSA) is 0 Å². The summed E-state index contributed by atoms with van der Waals surface area (Å²) in [5.74, 6) is -0.483. The number of fused-ring (bicyclic) bond motifs is 1. The summed E-state index contributed by atoms with van der Waals surface area (Å²) in [6, 6.07) is 13.8. The van der Waals surface area contributed by atoms with E-state index in [4.69, 9.17) is 0 Å². The molecule has 0 amide bonds. The maximum atomic E-state index is 13.7. The maximum absolute atomic E-state index is 13.7. The van der Waals surface area contributed by atoms with Gasteiger partial charge in [-0.2, -0.15) is 11.1 Å². The number of halogens is 2. The van der Waals surface area contributed by atoms with Gasteiger partial charge in [-0.1, -0.05) is 75.6 Å². The van der Waals surface area contributed by atoms with Crippen molar-refractivity contribution < 1.29 is 32.1 Å². The average molecular weight is 512 g/mol. The summed E-state index contributed by atoms with van der Waals surface area (Å²) in [5.41, 5.74) is 7.30. The summed E-state index contributed by atoms with van der Waals surface area (Å²) in [5, 5.41) is 1.11. The summed E-state index contributed by atoms with van der Waals surface area (Å²) in [6.45, 7) is 15.2. The Hall–Kier alpha value is -1.51. The Bertz CT molecular complexity index is 1130. The van der Waals surface area contributed by atoms with Gasteiger partial charge in [0.25, 0.3) is 0 Å². The molecular weight excluding hydrogens is 482 g/mol. The predicted molar refractivity (Wildman–Crippen MR) is 127 cm³/mol. The van der Waals surface area contributed by atoms with Crippen molar-refractivity contribution in [2.45, 2.75) is 47.7 Å². The molecule has 1 atom stereocenters. The van der Waals surface area contributed by atoms with Crippen LogP contribution in [0.4, 0.5) is 8.78 Å². The van der Waals surface area contributed by atoms with Gasteiger partial charge < -0.3 is 0 Å². The largest absolute Gasteiger partial charge is 0.265 e. The van der Waals surface area contributed by atoms with Crippen LogP contribution in [0.25, 0.3) is 21.9 Å². The summed E-state index contributed by atoms with van der Waals surface area (Å²) in [4.78, 5) is 0. The number of hydrogen-bond donors (Lipinski definition) is 0. The Balaban J connectivity index is 0.000000220. The van der Waals surface area contributed by atoms with Crippen LogP contribution < -0.4 is 0 Å². The zero-order valence-corrected chi connectivity index (χ0v) is 22.9. The van der Waals surface area contributed by atoms with Gasteiger partial charge in [-0.25, -0.2) is 9.96 Å². The monoisotopic (exact) mass is 510 g/mol. The Morgan fingerprint density at radius 2 is 1.58 bits per heavy atom. The van der Waals surface area contributed by atoms with Crippen molar-refractivity contribution in [3.8, 4) is 11.1 Å². The van der Waals surface area contributed by atoms with Crippen molar-refractivity contribution in [3.63, 3.8) is 0 Å². The van der Waals surface area contributed by atoms with Crippen LogP contribution >= 0.6 is 0 Å². The average Bonchev–Trinajstić information content (AvgIpc) is 3.13. The number of allylic oxidation sites excluding steroid dienone is 4. The van der Waals surface area contributed by atoms with Crippen molar-refractivity contribution in [2.75, 3.05) is 0 Å². The van der Waals surface area contributed by atoms with Gasteiger partial charge >= 0.3 is 41.9 Å². The van der Waals surface area contributed by atoms with E-state index in [0.29, 0.717) is 16.7 Å². The molecule has 1 aliphatic rings. The number of rotatable bonds is 1. The first-order valence-electron chi connectivity index (χ1n) is 10.4. The smallest absolute Gasteiger partial charge is 0.107 e. The molecule has 3 aromatic rings. The number of hydrogen-bond acceptors (Lipinski definition) is 0. The molecule has 4 rings (SSSR count). The SMILES string of the molecule is CC1=[C-]C(C)C(C)=C1C.C[Si](C)=[Zr+2].Cc1[cH-]c2c(F)cc(F)cc2c1-c1ccccc1. The molecule has 3 aromatic carbocycles. The van der Waals surface area contributed by atoms with E-state index in [-0.39, 0.29) is 5.43 Å². The number of benzene rings is 2. The Labute approximate surface area is 200 Å². The molecule has 1 aliphatic carbocycles. The summed E-state index contributed by atoms with van der Waals surface area (Å²) in [7, 11) is 0. The zero-order valence-electron chi connectivity index (χ0n) is 19.5. The van der Waals surface area contributed by atoms with Gasteiger partial charge in [0.05, 0.1) is 0 Å². The molecular formula is C27H30F2SiZr. The Morgan fingerprint density at radius 3 is 2.03 bits per heavy atom. The first-order valence-corrected chi connectivity index (χ1v) is 16.6. The molecule has 0 aliphatic heterocycles. The fraction of sp³-hybridized carbons (Fsp3) is 0.296. The minimum absolute atomic E-state index is 0.210. The quantitative estimate of drug-likeness (QED) is 0.228. The van der Waals surface area contributed by atoms with E-state index in [1.54, 1.807) is 29.4 Å². The molecule has 0 nitrogen and oxygen atoms in total. The van der Waals surface area contributed by atoms with E-state index < -0.39 is 11.6 Å². The predicted octanol–water partition coefficient (Wildman–Crippen LogP) is 8.32. The van der Waals surface area contributed by atoms with Crippen molar-refractivity contribution >= 4 is 16.2 Å².